The van der Waals surface area contributed by atoms with Crippen molar-refractivity contribution in [2.24, 2.45) is 11.3 Å². The van der Waals surface area contributed by atoms with Crippen LogP contribution in [-0.4, -0.2) is 16.4 Å². The van der Waals surface area contributed by atoms with E-state index in [2.05, 4.69) is 15.9 Å². The summed E-state index contributed by atoms with van der Waals surface area (Å²) in [4.78, 5) is 23.0. The highest BCUT2D eigenvalue weighted by Gasteiger charge is 2.52. The number of carbonyl (C=O) groups is 2. The number of hydrogen-bond acceptors (Lipinski definition) is 2. The van der Waals surface area contributed by atoms with Crippen LogP contribution < -0.4 is 0 Å². The predicted molar refractivity (Wildman–Crippen MR) is 52.8 cm³/mol. The van der Waals surface area contributed by atoms with Crippen LogP contribution in [0.25, 0.3) is 0 Å². The molecule has 2 rings (SSSR count). The quantitative estimate of drug-likeness (QED) is 0.612. The van der Waals surface area contributed by atoms with Crippen molar-refractivity contribution in [3.63, 3.8) is 0 Å². The van der Waals surface area contributed by atoms with Crippen LogP contribution in [-0.2, 0) is 9.59 Å². The zero-order valence-electron chi connectivity index (χ0n) is 7.68. The van der Waals surface area contributed by atoms with Gasteiger partial charge in [-0.25, -0.2) is 0 Å². The number of carbonyl (C=O) groups excluding carboxylic acids is 2. The Bertz CT molecular complexity index is 274. The largest absolute Gasteiger partial charge is 0.299 e. The van der Waals surface area contributed by atoms with Crippen molar-refractivity contribution in [3.8, 4) is 0 Å². The van der Waals surface area contributed by atoms with Crippen molar-refractivity contribution in [2.45, 2.75) is 37.4 Å². The molecule has 72 valence electrons. The van der Waals surface area contributed by atoms with Crippen LogP contribution in [0.3, 0.4) is 0 Å². The van der Waals surface area contributed by atoms with Gasteiger partial charge in [0, 0.05) is 18.3 Å². The zero-order chi connectivity index (χ0) is 9.64. The monoisotopic (exact) mass is 244 g/mol. The second-order valence-corrected chi connectivity index (χ2v) is 5.34. The third kappa shape index (κ3) is 1.20. The molecule has 2 saturated carbocycles. The van der Waals surface area contributed by atoms with E-state index in [-0.39, 0.29) is 21.9 Å². The Morgan fingerprint density at radius 1 is 1.38 bits per heavy atom. The number of alkyl halides is 1. The van der Waals surface area contributed by atoms with Crippen molar-refractivity contribution in [3.05, 3.63) is 0 Å². The first-order valence-corrected chi connectivity index (χ1v) is 5.67. The van der Waals surface area contributed by atoms with Crippen LogP contribution in [0.1, 0.15) is 32.6 Å². The number of Topliss-reactive ketones (excluding diaryl/α,β-unsaturated/α-hetero) is 2. The van der Waals surface area contributed by atoms with Crippen molar-refractivity contribution in [1.82, 2.24) is 0 Å². The van der Waals surface area contributed by atoms with Gasteiger partial charge in [0.15, 0.2) is 0 Å². The average molecular weight is 245 g/mol. The lowest BCUT2D eigenvalue weighted by atomic mass is 9.69. The fourth-order valence-electron chi connectivity index (χ4n) is 2.64. The summed E-state index contributed by atoms with van der Waals surface area (Å²) in [6.07, 6.45) is 2.87. The van der Waals surface area contributed by atoms with E-state index in [1.165, 1.54) is 0 Å². The van der Waals surface area contributed by atoms with Crippen LogP contribution in [0.2, 0.25) is 0 Å². The van der Waals surface area contributed by atoms with Crippen molar-refractivity contribution < 1.29 is 9.59 Å². The average Bonchev–Trinajstić information content (AvgIpc) is 2.39. The molecule has 0 spiro atoms. The first-order valence-electron chi connectivity index (χ1n) is 4.76. The first-order chi connectivity index (χ1) is 6.05. The predicted octanol–water partition coefficient (Wildman–Crippen LogP) is 2.10. The minimum absolute atomic E-state index is 0.0716. The molecule has 3 atom stereocenters. The third-order valence-electron chi connectivity index (χ3n) is 3.69. The molecule has 2 aliphatic rings. The van der Waals surface area contributed by atoms with Gasteiger partial charge in [0.2, 0.25) is 0 Å². The number of ketones is 2. The van der Waals surface area contributed by atoms with Gasteiger partial charge < -0.3 is 0 Å². The Morgan fingerprint density at radius 2 is 2.08 bits per heavy atom. The smallest absolute Gasteiger partial charge is 0.146 e. The maximum Gasteiger partial charge on any atom is 0.146 e. The standard InChI is InChI=1S/C10H13BrO2/c1-10-5-4-7(12)9(11)6(10)2-3-8(10)13/h6,9H,2-5H2,1H3/t6-,9?,10?/m0/s1. The van der Waals surface area contributed by atoms with Gasteiger partial charge in [0.05, 0.1) is 4.83 Å². The number of fused-ring (bicyclic) bond motifs is 1. The second-order valence-electron chi connectivity index (χ2n) is 4.35. The van der Waals surface area contributed by atoms with Gasteiger partial charge in [-0.2, -0.15) is 0 Å². The fourth-order valence-corrected chi connectivity index (χ4v) is 3.71. The molecule has 0 amide bonds. The molecule has 0 aromatic carbocycles. The zero-order valence-corrected chi connectivity index (χ0v) is 9.26. The van der Waals surface area contributed by atoms with E-state index in [0.29, 0.717) is 18.6 Å². The molecule has 0 heterocycles. The van der Waals surface area contributed by atoms with E-state index in [0.717, 1.165) is 12.8 Å². The Balaban J connectivity index is 2.31. The molecule has 2 aliphatic carbocycles. The summed E-state index contributed by atoms with van der Waals surface area (Å²) in [7, 11) is 0. The van der Waals surface area contributed by atoms with E-state index < -0.39 is 0 Å². The molecule has 0 bridgehead atoms. The number of halogens is 1. The van der Waals surface area contributed by atoms with Gasteiger partial charge in [-0.05, 0) is 18.8 Å². The van der Waals surface area contributed by atoms with Crippen LogP contribution in [0.4, 0.5) is 0 Å². The Labute approximate surface area is 86.2 Å². The molecule has 0 aromatic heterocycles. The molecule has 0 radical (unpaired) electrons. The topological polar surface area (TPSA) is 34.1 Å². The second kappa shape index (κ2) is 2.91. The van der Waals surface area contributed by atoms with E-state index in [1.807, 2.05) is 6.92 Å². The van der Waals surface area contributed by atoms with Crippen LogP contribution >= 0.6 is 15.9 Å². The first kappa shape index (κ1) is 9.38. The maximum absolute atomic E-state index is 11.7. The van der Waals surface area contributed by atoms with Gasteiger partial charge in [-0.1, -0.05) is 22.9 Å². The Morgan fingerprint density at radius 3 is 2.77 bits per heavy atom. The summed E-state index contributed by atoms with van der Waals surface area (Å²) in [5.74, 6) is 0.882. The minimum atomic E-state index is -0.206. The molecular weight excluding hydrogens is 232 g/mol. The van der Waals surface area contributed by atoms with Crippen molar-refractivity contribution in [2.75, 3.05) is 0 Å². The third-order valence-corrected chi connectivity index (χ3v) is 4.84. The molecule has 3 heteroatoms. The molecule has 13 heavy (non-hydrogen) atoms. The SMILES string of the molecule is CC12CCC(=O)C(Br)[C@@H]1CCC2=O. The van der Waals surface area contributed by atoms with Crippen molar-refractivity contribution >= 4 is 27.5 Å². The Kier molecular flexibility index (Phi) is 2.10. The summed E-state index contributed by atoms with van der Waals surface area (Å²) < 4.78 is 0. The van der Waals surface area contributed by atoms with Gasteiger partial charge in [-0.15, -0.1) is 0 Å². The number of rotatable bonds is 0. The Hall–Kier alpha value is -0.180. The van der Waals surface area contributed by atoms with Gasteiger partial charge in [-0.3, -0.25) is 9.59 Å². The highest BCUT2D eigenvalue weighted by Crippen LogP contribution is 2.50. The lowest BCUT2D eigenvalue weighted by Gasteiger charge is -2.37. The highest BCUT2D eigenvalue weighted by molar-refractivity contribution is 9.10. The molecule has 0 saturated heterocycles. The summed E-state index contributed by atoms with van der Waals surface area (Å²) in [5, 5.41) is 0. The summed E-state index contributed by atoms with van der Waals surface area (Å²) in [6.45, 7) is 2.02. The van der Waals surface area contributed by atoms with Crippen LogP contribution in [0.5, 0.6) is 0 Å². The lowest BCUT2D eigenvalue weighted by molar-refractivity contribution is -0.131. The molecule has 2 unspecified atom stereocenters. The lowest BCUT2D eigenvalue weighted by Crippen LogP contribution is -2.42. The molecule has 0 aromatic rings. The summed E-state index contributed by atoms with van der Waals surface area (Å²) >= 11 is 3.42. The van der Waals surface area contributed by atoms with E-state index in [1.54, 1.807) is 0 Å². The molecule has 2 fully saturated rings. The van der Waals surface area contributed by atoms with E-state index in [4.69, 9.17) is 0 Å². The molecule has 2 nitrogen and oxygen atoms in total. The van der Waals surface area contributed by atoms with Gasteiger partial charge in [0.25, 0.3) is 0 Å². The van der Waals surface area contributed by atoms with E-state index in [9.17, 15) is 9.59 Å². The van der Waals surface area contributed by atoms with Gasteiger partial charge in [0.1, 0.15) is 11.6 Å². The minimum Gasteiger partial charge on any atom is -0.299 e. The normalized spacial score (nSPS) is 45.1. The van der Waals surface area contributed by atoms with Crippen molar-refractivity contribution in [1.29, 1.82) is 0 Å². The molecular formula is C10H13BrO2. The highest BCUT2D eigenvalue weighted by atomic mass is 79.9. The number of hydrogen-bond donors (Lipinski definition) is 0. The fraction of sp³-hybridized carbons (Fsp3) is 0.800. The molecule has 0 N–H and O–H groups in total. The van der Waals surface area contributed by atoms with Gasteiger partial charge >= 0.3 is 0 Å². The summed E-state index contributed by atoms with van der Waals surface area (Å²) in [6, 6.07) is 0. The van der Waals surface area contributed by atoms with Crippen LogP contribution in [0, 0.1) is 11.3 Å². The maximum atomic E-state index is 11.7. The molecule has 0 aliphatic heterocycles. The van der Waals surface area contributed by atoms with E-state index >= 15 is 0 Å². The summed E-state index contributed by atoms with van der Waals surface area (Å²) in [5.41, 5.74) is -0.206. The van der Waals surface area contributed by atoms with Crippen LogP contribution in [0.15, 0.2) is 0 Å².